The molecule has 0 unspecified atom stereocenters. The minimum Gasteiger partial charge on any atom is -0.497 e. The molecule has 0 bridgehead atoms. The molecule has 0 atom stereocenters. The molecule has 0 aromatic heterocycles. The van der Waals surface area contributed by atoms with Crippen LogP contribution >= 0.6 is 0 Å². The van der Waals surface area contributed by atoms with E-state index < -0.39 is 19.7 Å². The molecule has 0 aliphatic rings. The van der Waals surface area contributed by atoms with Gasteiger partial charge in [-0.25, -0.2) is 16.8 Å². The first-order valence-corrected chi connectivity index (χ1v) is 19.7. The van der Waals surface area contributed by atoms with Crippen LogP contribution < -0.4 is 14.2 Å². The van der Waals surface area contributed by atoms with Crippen molar-refractivity contribution in [2.45, 2.75) is 58.6 Å². The lowest BCUT2D eigenvalue weighted by Gasteiger charge is -2.26. The predicted octanol–water partition coefficient (Wildman–Crippen LogP) is 10.4. The summed E-state index contributed by atoms with van der Waals surface area (Å²) < 4.78 is 69.6. The van der Waals surface area contributed by atoms with Crippen molar-refractivity contribution < 1.29 is 31.0 Å². The number of hydrogen-bond donors (Lipinski definition) is 0. The van der Waals surface area contributed by atoms with Gasteiger partial charge in [-0.15, -0.1) is 0 Å². The lowest BCUT2D eigenvalue weighted by atomic mass is 9.78. The van der Waals surface area contributed by atoms with Crippen LogP contribution in [0.5, 0.6) is 28.7 Å². The van der Waals surface area contributed by atoms with Gasteiger partial charge in [0, 0.05) is 5.41 Å². The molecule has 52 heavy (non-hydrogen) atoms. The average Bonchev–Trinajstić information content (AvgIpc) is 3.16. The molecule has 266 valence electrons. The standard InChI is InChI=1S/C43H40O7S2/c1-30(2)31-6-22-39(23-7-31)51(44,45)41-26-18-37(19-27-41)49-35-12-8-32(9-13-35)43(3,4)33-10-14-36(15-11-33)50-38-20-28-42(29-21-38)52(46,47)40-24-16-34(48-5)17-25-40/h6-30H,1-5H3. The van der Waals surface area contributed by atoms with Crippen molar-refractivity contribution in [2.75, 3.05) is 7.11 Å². The molecule has 6 aromatic carbocycles. The molecule has 6 aromatic rings. The second-order valence-electron chi connectivity index (χ2n) is 13.2. The third-order valence-electron chi connectivity index (χ3n) is 9.12. The highest BCUT2D eigenvalue weighted by Gasteiger charge is 2.24. The van der Waals surface area contributed by atoms with Crippen molar-refractivity contribution in [1.82, 2.24) is 0 Å². The first kappa shape index (κ1) is 36.4. The lowest BCUT2D eigenvalue weighted by molar-refractivity contribution is 0.414. The minimum absolute atomic E-state index is 0.172. The van der Waals surface area contributed by atoms with E-state index in [4.69, 9.17) is 14.2 Å². The van der Waals surface area contributed by atoms with Crippen molar-refractivity contribution in [2.24, 2.45) is 0 Å². The molecule has 0 saturated heterocycles. The first-order chi connectivity index (χ1) is 24.8. The first-order valence-electron chi connectivity index (χ1n) is 16.8. The summed E-state index contributed by atoms with van der Waals surface area (Å²) in [5.41, 5.74) is 2.90. The Morgan fingerprint density at radius 1 is 0.423 bits per heavy atom. The summed E-state index contributed by atoms with van der Waals surface area (Å²) in [6.45, 7) is 8.41. The molecule has 6 rings (SSSR count). The second-order valence-corrected chi connectivity index (χ2v) is 17.1. The monoisotopic (exact) mass is 732 g/mol. The summed E-state index contributed by atoms with van der Waals surface area (Å²) >= 11 is 0. The number of rotatable bonds is 12. The summed E-state index contributed by atoms with van der Waals surface area (Å²) in [7, 11) is -5.79. The zero-order valence-electron chi connectivity index (χ0n) is 29.6. The zero-order valence-corrected chi connectivity index (χ0v) is 31.2. The fraction of sp³-hybridized carbons (Fsp3) is 0.163. The van der Waals surface area contributed by atoms with Crippen molar-refractivity contribution in [3.8, 4) is 28.7 Å². The van der Waals surface area contributed by atoms with Gasteiger partial charge in [0.05, 0.1) is 26.7 Å². The maximum atomic E-state index is 13.2. The van der Waals surface area contributed by atoms with Crippen LogP contribution in [0.1, 0.15) is 50.3 Å². The predicted molar refractivity (Wildman–Crippen MR) is 202 cm³/mol. The van der Waals surface area contributed by atoms with E-state index in [-0.39, 0.29) is 25.0 Å². The maximum absolute atomic E-state index is 13.2. The maximum Gasteiger partial charge on any atom is 0.206 e. The molecule has 0 aliphatic heterocycles. The van der Waals surface area contributed by atoms with E-state index in [2.05, 4.69) is 27.7 Å². The van der Waals surface area contributed by atoms with E-state index in [0.29, 0.717) is 34.7 Å². The van der Waals surface area contributed by atoms with Crippen molar-refractivity contribution >= 4 is 19.7 Å². The highest BCUT2D eigenvalue weighted by Crippen LogP contribution is 2.35. The zero-order chi connectivity index (χ0) is 37.1. The molecule has 0 amide bonds. The Bertz CT molecular complexity index is 2350. The molecule has 0 saturated carbocycles. The van der Waals surface area contributed by atoms with Gasteiger partial charge >= 0.3 is 0 Å². The summed E-state index contributed by atoms with van der Waals surface area (Å²) in [6, 6.07) is 41.7. The van der Waals surface area contributed by atoms with Gasteiger partial charge < -0.3 is 14.2 Å². The van der Waals surface area contributed by atoms with Gasteiger partial charge in [-0.2, -0.15) is 0 Å². The van der Waals surface area contributed by atoms with E-state index >= 15 is 0 Å². The van der Waals surface area contributed by atoms with Gasteiger partial charge in [-0.05, 0) is 132 Å². The number of sulfone groups is 2. The number of methoxy groups -OCH3 is 1. The Labute approximate surface area is 306 Å². The molecular weight excluding hydrogens is 693 g/mol. The van der Waals surface area contributed by atoms with Crippen LogP contribution in [-0.4, -0.2) is 23.9 Å². The van der Waals surface area contributed by atoms with Gasteiger partial charge in [0.2, 0.25) is 19.7 Å². The van der Waals surface area contributed by atoms with E-state index in [0.717, 1.165) is 16.7 Å². The summed E-state index contributed by atoms with van der Waals surface area (Å²) in [4.78, 5) is 0.828. The van der Waals surface area contributed by atoms with Crippen LogP contribution in [0.2, 0.25) is 0 Å². The fourth-order valence-electron chi connectivity index (χ4n) is 5.75. The number of hydrogen-bond acceptors (Lipinski definition) is 7. The second kappa shape index (κ2) is 14.7. The molecule has 0 fully saturated rings. The van der Waals surface area contributed by atoms with Gasteiger partial charge in [0.25, 0.3) is 0 Å². The largest absolute Gasteiger partial charge is 0.497 e. The Hall–Kier alpha value is -5.38. The van der Waals surface area contributed by atoms with Crippen LogP contribution in [0.25, 0.3) is 0 Å². The Morgan fingerprint density at radius 3 is 0.981 bits per heavy atom. The van der Waals surface area contributed by atoms with E-state index in [1.54, 1.807) is 60.7 Å². The van der Waals surface area contributed by atoms with Crippen molar-refractivity contribution in [1.29, 1.82) is 0 Å². The summed E-state index contributed by atoms with van der Waals surface area (Å²) in [6.07, 6.45) is 0. The van der Waals surface area contributed by atoms with Crippen LogP contribution in [0, 0.1) is 0 Å². The SMILES string of the molecule is COc1ccc(S(=O)(=O)c2ccc(Oc3ccc(C(C)(C)c4ccc(Oc5ccc(S(=O)(=O)c6ccc(C(C)C)cc6)cc5)cc4)cc3)cc2)cc1. The Morgan fingerprint density at radius 2 is 0.692 bits per heavy atom. The third-order valence-corrected chi connectivity index (χ3v) is 12.7. The van der Waals surface area contributed by atoms with Crippen LogP contribution in [-0.2, 0) is 25.1 Å². The third kappa shape index (κ3) is 7.76. The van der Waals surface area contributed by atoms with Crippen LogP contribution in [0.4, 0.5) is 0 Å². The molecular formula is C43H40O7S2. The normalized spacial score (nSPS) is 12.0. The molecule has 0 heterocycles. The number of ether oxygens (including phenoxy) is 3. The molecule has 0 aliphatic carbocycles. The Kier molecular flexibility index (Phi) is 10.3. The van der Waals surface area contributed by atoms with Gasteiger partial charge in [-0.3, -0.25) is 0 Å². The summed E-state index contributed by atoms with van der Waals surface area (Å²) in [5, 5.41) is 0. The van der Waals surface area contributed by atoms with E-state index in [1.807, 2.05) is 60.7 Å². The highest BCUT2D eigenvalue weighted by atomic mass is 32.2. The van der Waals surface area contributed by atoms with Crippen molar-refractivity contribution in [3.63, 3.8) is 0 Å². The van der Waals surface area contributed by atoms with Crippen LogP contribution in [0.15, 0.2) is 165 Å². The van der Waals surface area contributed by atoms with E-state index in [1.165, 1.54) is 31.4 Å². The molecule has 7 nitrogen and oxygen atoms in total. The highest BCUT2D eigenvalue weighted by molar-refractivity contribution is 7.91. The topological polar surface area (TPSA) is 96.0 Å². The van der Waals surface area contributed by atoms with Crippen LogP contribution in [0.3, 0.4) is 0 Å². The smallest absolute Gasteiger partial charge is 0.206 e. The Balaban J connectivity index is 1.08. The van der Waals surface area contributed by atoms with Gasteiger partial charge in [0.15, 0.2) is 0 Å². The number of benzene rings is 6. The van der Waals surface area contributed by atoms with E-state index in [9.17, 15) is 16.8 Å². The van der Waals surface area contributed by atoms with Gasteiger partial charge in [0.1, 0.15) is 28.7 Å². The summed E-state index contributed by atoms with van der Waals surface area (Å²) in [5.74, 6) is 3.21. The molecule has 9 heteroatoms. The lowest BCUT2D eigenvalue weighted by Crippen LogP contribution is -2.18. The average molecular weight is 733 g/mol. The molecule has 0 spiro atoms. The minimum atomic E-state index is -3.68. The van der Waals surface area contributed by atoms with Crippen molar-refractivity contribution in [3.05, 3.63) is 162 Å². The van der Waals surface area contributed by atoms with Gasteiger partial charge in [-0.1, -0.05) is 64.1 Å². The molecule has 0 radical (unpaired) electrons. The quantitative estimate of drug-likeness (QED) is 0.124. The molecule has 0 N–H and O–H groups in total. The fourth-order valence-corrected chi connectivity index (χ4v) is 8.27.